The van der Waals surface area contributed by atoms with Gasteiger partial charge >= 0.3 is 0 Å². The summed E-state index contributed by atoms with van der Waals surface area (Å²) in [6.07, 6.45) is 1.00. The van der Waals surface area contributed by atoms with E-state index in [9.17, 15) is 0 Å². The number of methoxy groups -OCH3 is 1. The molecule has 0 fully saturated rings. The van der Waals surface area contributed by atoms with Gasteiger partial charge in [-0.05, 0) is 34.9 Å². The van der Waals surface area contributed by atoms with Crippen molar-refractivity contribution in [3.05, 3.63) is 35.2 Å². The Labute approximate surface area is 82.0 Å². The van der Waals surface area contributed by atoms with Crippen molar-refractivity contribution in [2.45, 2.75) is 6.42 Å². The summed E-state index contributed by atoms with van der Waals surface area (Å²) < 4.78 is 6.40. The summed E-state index contributed by atoms with van der Waals surface area (Å²) in [6.45, 7) is 0.801. The van der Waals surface area contributed by atoms with Gasteiger partial charge in [-0.2, -0.15) is 0 Å². The Kier molecular flexibility index (Phi) is 2.62. The minimum atomic E-state index is 0.801. The first-order valence-electron chi connectivity index (χ1n) is 4.35. The second-order valence-electron chi connectivity index (χ2n) is 3.04. The maximum Gasteiger partial charge on any atom is 0.0502 e. The van der Waals surface area contributed by atoms with Crippen LogP contribution in [0.5, 0.6) is 0 Å². The highest BCUT2D eigenvalue weighted by atomic mass is 32.1. The predicted octanol–water partition coefficient (Wildman–Crippen LogP) is 3.09. The van der Waals surface area contributed by atoms with Crippen LogP contribution >= 0.6 is 11.3 Å². The standard InChI is InChI=1S/C11H12OS/c1-12-6-4-9-2-3-11-10(8-9)5-7-13-11/h2-3,5,7-8H,4,6H2,1H3. The molecule has 0 aliphatic rings. The minimum absolute atomic E-state index is 0.801. The number of hydrogen-bond donors (Lipinski definition) is 0. The fourth-order valence-electron chi connectivity index (χ4n) is 1.39. The molecule has 0 saturated heterocycles. The van der Waals surface area contributed by atoms with Gasteiger partial charge in [-0.25, -0.2) is 0 Å². The summed E-state index contributed by atoms with van der Waals surface area (Å²) in [7, 11) is 1.74. The molecular formula is C11H12OS. The molecule has 1 nitrogen and oxygen atoms in total. The quantitative estimate of drug-likeness (QED) is 0.726. The fraction of sp³-hybridized carbons (Fsp3) is 0.273. The Hall–Kier alpha value is -0.860. The van der Waals surface area contributed by atoms with Crippen molar-refractivity contribution in [1.29, 1.82) is 0 Å². The highest BCUT2D eigenvalue weighted by Gasteiger charge is 1.96. The van der Waals surface area contributed by atoms with Crippen molar-refractivity contribution < 1.29 is 4.74 Å². The van der Waals surface area contributed by atoms with Crippen molar-refractivity contribution in [3.8, 4) is 0 Å². The topological polar surface area (TPSA) is 9.23 Å². The number of ether oxygens (including phenoxy) is 1. The average Bonchev–Trinajstić information content (AvgIpc) is 2.61. The number of benzene rings is 1. The molecule has 0 aliphatic heterocycles. The van der Waals surface area contributed by atoms with Crippen molar-refractivity contribution in [2.75, 3.05) is 13.7 Å². The van der Waals surface area contributed by atoms with Crippen LogP contribution < -0.4 is 0 Å². The van der Waals surface area contributed by atoms with Crippen LogP contribution in [0.3, 0.4) is 0 Å². The van der Waals surface area contributed by atoms with Crippen molar-refractivity contribution in [3.63, 3.8) is 0 Å². The smallest absolute Gasteiger partial charge is 0.0502 e. The van der Waals surface area contributed by atoms with Gasteiger partial charge in [-0.1, -0.05) is 12.1 Å². The van der Waals surface area contributed by atoms with Crippen LogP contribution in [0.2, 0.25) is 0 Å². The molecule has 68 valence electrons. The SMILES string of the molecule is COCCc1ccc2sccc2c1. The maximum atomic E-state index is 5.04. The van der Waals surface area contributed by atoms with E-state index in [1.165, 1.54) is 15.6 Å². The summed E-state index contributed by atoms with van der Waals surface area (Å²) in [5.74, 6) is 0. The third-order valence-corrected chi connectivity index (χ3v) is 3.01. The Bertz CT molecular complexity index is 392. The molecule has 13 heavy (non-hydrogen) atoms. The van der Waals surface area contributed by atoms with E-state index in [0.29, 0.717) is 0 Å². The number of thiophene rings is 1. The lowest BCUT2D eigenvalue weighted by atomic mass is 10.1. The second-order valence-corrected chi connectivity index (χ2v) is 3.98. The van der Waals surface area contributed by atoms with Gasteiger partial charge in [0.05, 0.1) is 6.61 Å². The van der Waals surface area contributed by atoms with Crippen LogP contribution in [0.25, 0.3) is 10.1 Å². The number of hydrogen-bond acceptors (Lipinski definition) is 2. The van der Waals surface area contributed by atoms with Gasteiger partial charge in [0.15, 0.2) is 0 Å². The van der Waals surface area contributed by atoms with E-state index in [1.54, 1.807) is 18.4 Å². The molecule has 1 heterocycles. The van der Waals surface area contributed by atoms with Crippen LogP contribution in [0, 0.1) is 0 Å². The van der Waals surface area contributed by atoms with E-state index in [2.05, 4.69) is 29.6 Å². The highest BCUT2D eigenvalue weighted by Crippen LogP contribution is 2.21. The van der Waals surface area contributed by atoms with Gasteiger partial charge in [-0.3, -0.25) is 0 Å². The Morgan fingerprint density at radius 1 is 1.31 bits per heavy atom. The van der Waals surface area contributed by atoms with Gasteiger partial charge in [0.1, 0.15) is 0 Å². The Morgan fingerprint density at radius 2 is 2.23 bits per heavy atom. The largest absolute Gasteiger partial charge is 0.384 e. The number of rotatable bonds is 3. The molecule has 0 radical (unpaired) electrons. The molecule has 0 atom stereocenters. The van der Waals surface area contributed by atoms with Crippen LogP contribution in [0.1, 0.15) is 5.56 Å². The lowest BCUT2D eigenvalue weighted by Gasteiger charge is -1.99. The first kappa shape index (κ1) is 8.73. The molecule has 1 aromatic carbocycles. The first-order valence-corrected chi connectivity index (χ1v) is 5.23. The van der Waals surface area contributed by atoms with Gasteiger partial charge in [0.25, 0.3) is 0 Å². The zero-order chi connectivity index (χ0) is 9.10. The van der Waals surface area contributed by atoms with Crippen LogP contribution in [0.4, 0.5) is 0 Å². The van der Waals surface area contributed by atoms with E-state index >= 15 is 0 Å². The lowest BCUT2D eigenvalue weighted by molar-refractivity contribution is 0.202. The average molecular weight is 192 g/mol. The lowest BCUT2D eigenvalue weighted by Crippen LogP contribution is -1.93. The van der Waals surface area contributed by atoms with Crippen LogP contribution in [-0.2, 0) is 11.2 Å². The van der Waals surface area contributed by atoms with Gasteiger partial charge in [0, 0.05) is 11.8 Å². The molecule has 0 saturated carbocycles. The van der Waals surface area contributed by atoms with Crippen molar-refractivity contribution in [2.24, 2.45) is 0 Å². The third kappa shape index (κ3) is 1.90. The molecule has 2 heteroatoms. The molecule has 0 amide bonds. The second kappa shape index (κ2) is 3.90. The van der Waals surface area contributed by atoms with E-state index in [1.807, 2.05) is 0 Å². The van der Waals surface area contributed by atoms with E-state index in [-0.39, 0.29) is 0 Å². The first-order chi connectivity index (χ1) is 6.40. The van der Waals surface area contributed by atoms with Gasteiger partial charge in [-0.15, -0.1) is 11.3 Å². The molecule has 1 aromatic heterocycles. The summed E-state index contributed by atoms with van der Waals surface area (Å²) in [4.78, 5) is 0. The van der Waals surface area contributed by atoms with E-state index in [4.69, 9.17) is 4.74 Å². The van der Waals surface area contributed by atoms with E-state index in [0.717, 1.165) is 13.0 Å². The normalized spacial score (nSPS) is 10.8. The van der Waals surface area contributed by atoms with Gasteiger partial charge < -0.3 is 4.74 Å². The molecule has 2 aromatic rings. The predicted molar refractivity (Wildman–Crippen MR) is 57.4 cm³/mol. The summed E-state index contributed by atoms with van der Waals surface area (Å²) in [5.41, 5.74) is 1.35. The summed E-state index contributed by atoms with van der Waals surface area (Å²) >= 11 is 1.79. The zero-order valence-electron chi connectivity index (χ0n) is 7.62. The Balaban J connectivity index is 2.26. The molecule has 2 rings (SSSR count). The van der Waals surface area contributed by atoms with Crippen LogP contribution in [0.15, 0.2) is 29.6 Å². The maximum absolute atomic E-state index is 5.04. The van der Waals surface area contributed by atoms with Crippen molar-refractivity contribution in [1.82, 2.24) is 0 Å². The molecule has 0 spiro atoms. The molecular weight excluding hydrogens is 180 g/mol. The summed E-state index contributed by atoms with van der Waals surface area (Å²) in [5, 5.41) is 3.48. The monoisotopic (exact) mass is 192 g/mol. The molecule has 0 aliphatic carbocycles. The molecule has 0 bridgehead atoms. The number of fused-ring (bicyclic) bond motifs is 1. The third-order valence-electron chi connectivity index (χ3n) is 2.11. The van der Waals surface area contributed by atoms with Crippen LogP contribution in [-0.4, -0.2) is 13.7 Å². The van der Waals surface area contributed by atoms with Crippen molar-refractivity contribution >= 4 is 21.4 Å². The zero-order valence-corrected chi connectivity index (χ0v) is 8.43. The molecule has 0 N–H and O–H groups in total. The minimum Gasteiger partial charge on any atom is -0.384 e. The highest BCUT2D eigenvalue weighted by molar-refractivity contribution is 7.17. The molecule has 0 unspecified atom stereocenters. The van der Waals surface area contributed by atoms with E-state index < -0.39 is 0 Å². The van der Waals surface area contributed by atoms with Gasteiger partial charge in [0.2, 0.25) is 0 Å². The Morgan fingerprint density at radius 3 is 3.08 bits per heavy atom. The summed E-state index contributed by atoms with van der Waals surface area (Å²) in [6, 6.07) is 8.77. The fourth-order valence-corrected chi connectivity index (χ4v) is 2.16.